The molecule has 2 rings (SSSR count). The van der Waals surface area contributed by atoms with E-state index in [-0.39, 0.29) is 0 Å². The summed E-state index contributed by atoms with van der Waals surface area (Å²) < 4.78 is 0. The standard InChI is InChI=1S/C14H23N3/c1-14(2,12-6-4-3-5-7-12)11-17-13-10-15-8-9-16-13/h8-10,12H,3-7,11H2,1-2H3,(H,16,17). The van der Waals surface area contributed by atoms with Gasteiger partial charge in [0.1, 0.15) is 5.82 Å². The molecule has 0 spiro atoms. The number of aromatic nitrogens is 2. The first-order valence-corrected chi connectivity index (χ1v) is 6.68. The van der Waals surface area contributed by atoms with Crippen LogP contribution in [0.2, 0.25) is 0 Å². The summed E-state index contributed by atoms with van der Waals surface area (Å²) in [4.78, 5) is 8.33. The third-order valence-corrected chi connectivity index (χ3v) is 4.00. The van der Waals surface area contributed by atoms with Crippen molar-refractivity contribution < 1.29 is 0 Å². The Balaban J connectivity index is 1.88. The Morgan fingerprint density at radius 1 is 1.24 bits per heavy atom. The number of rotatable bonds is 4. The van der Waals surface area contributed by atoms with Crippen LogP contribution in [0.15, 0.2) is 18.6 Å². The van der Waals surface area contributed by atoms with Gasteiger partial charge in [0.25, 0.3) is 0 Å². The average molecular weight is 233 g/mol. The van der Waals surface area contributed by atoms with E-state index in [1.54, 1.807) is 18.6 Å². The lowest BCUT2D eigenvalue weighted by Gasteiger charge is -2.37. The Bertz CT molecular complexity index is 329. The van der Waals surface area contributed by atoms with E-state index >= 15 is 0 Å². The van der Waals surface area contributed by atoms with Crippen molar-refractivity contribution in [2.75, 3.05) is 11.9 Å². The smallest absolute Gasteiger partial charge is 0.144 e. The minimum Gasteiger partial charge on any atom is -0.368 e. The zero-order chi connectivity index (χ0) is 12.1. The lowest BCUT2D eigenvalue weighted by atomic mass is 9.71. The summed E-state index contributed by atoms with van der Waals surface area (Å²) >= 11 is 0. The second kappa shape index (κ2) is 5.48. The summed E-state index contributed by atoms with van der Waals surface area (Å²) in [5.41, 5.74) is 0.345. The highest BCUT2D eigenvalue weighted by Crippen LogP contribution is 2.38. The van der Waals surface area contributed by atoms with Gasteiger partial charge < -0.3 is 5.32 Å². The van der Waals surface area contributed by atoms with E-state index in [1.807, 2.05) is 0 Å². The van der Waals surface area contributed by atoms with Crippen LogP contribution in [0, 0.1) is 11.3 Å². The zero-order valence-corrected chi connectivity index (χ0v) is 10.9. The molecule has 0 aliphatic heterocycles. The van der Waals surface area contributed by atoms with Crippen LogP contribution in [0.4, 0.5) is 5.82 Å². The van der Waals surface area contributed by atoms with Crippen molar-refractivity contribution >= 4 is 5.82 Å². The third-order valence-electron chi connectivity index (χ3n) is 4.00. The number of nitrogens with one attached hydrogen (secondary N) is 1. The Kier molecular flexibility index (Phi) is 3.97. The van der Waals surface area contributed by atoms with Gasteiger partial charge in [0.2, 0.25) is 0 Å². The van der Waals surface area contributed by atoms with Crippen LogP contribution < -0.4 is 5.32 Å². The highest BCUT2D eigenvalue weighted by atomic mass is 15.0. The average Bonchev–Trinajstić information content (AvgIpc) is 2.39. The molecular formula is C14H23N3. The lowest BCUT2D eigenvalue weighted by molar-refractivity contribution is 0.171. The predicted octanol–water partition coefficient (Wildman–Crippen LogP) is 3.50. The maximum Gasteiger partial charge on any atom is 0.144 e. The van der Waals surface area contributed by atoms with E-state index in [4.69, 9.17) is 0 Å². The molecule has 17 heavy (non-hydrogen) atoms. The summed E-state index contributed by atoms with van der Waals surface area (Å²) in [6.45, 7) is 5.72. The zero-order valence-electron chi connectivity index (χ0n) is 10.9. The largest absolute Gasteiger partial charge is 0.368 e. The molecule has 1 fully saturated rings. The molecule has 0 amide bonds. The molecule has 1 aromatic rings. The highest BCUT2D eigenvalue weighted by Gasteiger charge is 2.30. The van der Waals surface area contributed by atoms with Crippen LogP contribution in [0.5, 0.6) is 0 Å². The van der Waals surface area contributed by atoms with Crippen LogP contribution >= 0.6 is 0 Å². The Hall–Kier alpha value is -1.12. The molecule has 0 radical (unpaired) electrons. The van der Waals surface area contributed by atoms with Crippen molar-refractivity contribution in [2.45, 2.75) is 46.0 Å². The summed E-state index contributed by atoms with van der Waals surface area (Å²) in [6.07, 6.45) is 12.2. The minimum absolute atomic E-state index is 0.345. The van der Waals surface area contributed by atoms with Gasteiger partial charge in [-0.3, -0.25) is 4.98 Å². The Labute approximate surface area is 104 Å². The molecule has 1 aliphatic rings. The van der Waals surface area contributed by atoms with Crippen molar-refractivity contribution in [3.05, 3.63) is 18.6 Å². The highest BCUT2D eigenvalue weighted by molar-refractivity contribution is 5.30. The first-order valence-electron chi connectivity index (χ1n) is 6.68. The minimum atomic E-state index is 0.345. The summed E-state index contributed by atoms with van der Waals surface area (Å²) in [6, 6.07) is 0. The van der Waals surface area contributed by atoms with Gasteiger partial charge in [0.05, 0.1) is 6.20 Å². The fourth-order valence-corrected chi connectivity index (χ4v) is 2.74. The van der Waals surface area contributed by atoms with Crippen LogP contribution in [-0.4, -0.2) is 16.5 Å². The molecule has 1 aliphatic carbocycles. The topological polar surface area (TPSA) is 37.8 Å². The fourth-order valence-electron chi connectivity index (χ4n) is 2.74. The van der Waals surface area contributed by atoms with Crippen LogP contribution in [-0.2, 0) is 0 Å². The first-order chi connectivity index (χ1) is 8.18. The maximum absolute atomic E-state index is 4.25. The van der Waals surface area contributed by atoms with Crippen molar-refractivity contribution in [1.82, 2.24) is 9.97 Å². The lowest BCUT2D eigenvalue weighted by Crippen LogP contribution is -2.33. The molecular weight excluding hydrogens is 210 g/mol. The summed E-state index contributed by atoms with van der Waals surface area (Å²) in [7, 11) is 0. The summed E-state index contributed by atoms with van der Waals surface area (Å²) in [5.74, 6) is 1.73. The van der Waals surface area contributed by atoms with Gasteiger partial charge in [-0.05, 0) is 24.2 Å². The van der Waals surface area contributed by atoms with Gasteiger partial charge in [0.15, 0.2) is 0 Å². The van der Waals surface area contributed by atoms with E-state index in [1.165, 1.54) is 32.1 Å². The van der Waals surface area contributed by atoms with Crippen LogP contribution in [0.1, 0.15) is 46.0 Å². The molecule has 3 heteroatoms. The molecule has 3 nitrogen and oxygen atoms in total. The number of hydrogen-bond donors (Lipinski definition) is 1. The van der Waals surface area contributed by atoms with E-state index < -0.39 is 0 Å². The molecule has 0 saturated heterocycles. The fraction of sp³-hybridized carbons (Fsp3) is 0.714. The normalized spacial score (nSPS) is 18.0. The van der Waals surface area contributed by atoms with Gasteiger partial charge in [-0.1, -0.05) is 33.1 Å². The second-order valence-corrected chi connectivity index (χ2v) is 5.77. The maximum atomic E-state index is 4.25. The van der Waals surface area contributed by atoms with Crippen molar-refractivity contribution in [3.8, 4) is 0 Å². The summed E-state index contributed by atoms with van der Waals surface area (Å²) in [5, 5.41) is 3.41. The van der Waals surface area contributed by atoms with Gasteiger partial charge in [-0.25, -0.2) is 4.98 Å². The van der Waals surface area contributed by atoms with Crippen LogP contribution in [0.3, 0.4) is 0 Å². The van der Waals surface area contributed by atoms with Gasteiger partial charge in [0, 0.05) is 18.9 Å². The number of nitrogens with zero attached hydrogens (tertiary/aromatic N) is 2. The van der Waals surface area contributed by atoms with Gasteiger partial charge >= 0.3 is 0 Å². The molecule has 1 heterocycles. The first kappa shape index (κ1) is 12.3. The monoisotopic (exact) mass is 233 g/mol. The van der Waals surface area contributed by atoms with E-state index in [0.29, 0.717) is 5.41 Å². The molecule has 94 valence electrons. The van der Waals surface area contributed by atoms with Crippen LogP contribution in [0.25, 0.3) is 0 Å². The molecule has 0 aromatic carbocycles. The third kappa shape index (κ3) is 3.42. The molecule has 1 aromatic heterocycles. The Morgan fingerprint density at radius 3 is 2.65 bits per heavy atom. The number of hydrogen-bond acceptors (Lipinski definition) is 3. The van der Waals surface area contributed by atoms with Crippen molar-refractivity contribution in [1.29, 1.82) is 0 Å². The second-order valence-electron chi connectivity index (χ2n) is 5.77. The molecule has 0 bridgehead atoms. The predicted molar refractivity (Wildman–Crippen MR) is 70.9 cm³/mol. The number of anilines is 1. The van der Waals surface area contributed by atoms with E-state index in [9.17, 15) is 0 Å². The molecule has 0 unspecified atom stereocenters. The quantitative estimate of drug-likeness (QED) is 0.865. The Morgan fingerprint density at radius 2 is 2.00 bits per heavy atom. The van der Waals surface area contributed by atoms with E-state index in [2.05, 4.69) is 29.1 Å². The van der Waals surface area contributed by atoms with Crippen molar-refractivity contribution in [3.63, 3.8) is 0 Å². The SMILES string of the molecule is CC(C)(CNc1cnccn1)C1CCCCC1. The van der Waals surface area contributed by atoms with Gasteiger partial charge in [-0.2, -0.15) is 0 Å². The molecule has 1 N–H and O–H groups in total. The molecule has 0 atom stereocenters. The van der Waals surface area contributed by atoms with E-state index in [0.717, 1.165) is 18.3 Å². The van der Waals surface area contributed by atoms with Crippen molar-refractivity contribution in [2.24, 2.45) is 11.3 Å². The van der Waals surface area contributed by atoms with Gasteiger partial charge in [-0.15, -0.1) is 0 Å². The molecule has 1 saturated carbocycles.